The number of nitrogens with two attached hydrogens (primary N) is 1. The van der Waals surface area contributed by atoms with Crippen molar-refractivity contribution in [2.45, 2.75) is 51.7 Å². The Labute approximate surface area is 212 Å². The largest absolute Gasteiger partial charge is 0.493 e. The smallest absolute Gasteiger partial charge is 0.411 e. The average Bonchev–Trinajstić information content (AvgIpc) is 3.09. The number of nitrogens with zero attached hydrogens (tertiary/aromatic N) is 1. The number of rotatable bonds is 10. The Kier molecular flexibility index (Phi) is 7.93. The summed E-state index contributed by atoms with van der Waals surface area (Å²) in [6.45, 7) is 4.21. The summed E-state index contributed by atoms with van der Waals surface area (Å²) in [5.74, 6) is 0.829. The van der Waals surface area contributed by atoms with E-state index in [2.05, 4.69) is 32.7 Å². The van der Waals surface area contributed by atoms with Crippen LogP contribution in [0, 0.1) is 0 Å². The molecule has 1 aliphatic carbocycles. The first-order valence-corrected chi connectivity index (χ1v) is 12.6. The lowest BCUT2D eigenvalue weighted by molar-refractivity contribution is 0.130. The van der Waals surface area contributed by atoms with Crippen LogP contribution in [0.25, 0.3) is 22.2 Å². The Morgan fingerprint density at radius 1 is 1.17 bits per heavy atom. The Hall–Kier alpha value is -3.81. The molecule has 1 aromatic heterocycles. The first-order valence-electron chi connectivity index (χ1n) is 12.6. The van der Waals surface area contributed by atoms with E-state index in [0.717, 1.165) is 58.6 Å². The molecule has 0 bridgehead atoms. The lowest BCUT2D eigenvalue weighted by atomic mass is 9.92. The number of hydrogen-bond donors (Lipinski definition) is 4. The van der Waals surface area contributed by atoms with Crippen LogP contribution < -0.4 is 26.4 Å². The Morgan fingerprint density at radius 2 is 1.92 bits per heavy atom. The molecule has 0 saturated heterocycles. The molecule has 1 aliphatic rings. The summed E-state index contributed by atoms with van der Waals surface area (Å²) in [5.41, 5.74) is 12.4. The highest BCUT2D eigenvalue weighted by atomic mass is 16.6. The minimum atomic E-state index is -0.461. The van der Waals surface area contributed by atoms with Gasteiger partial charge < -0.3 is 30.4 Å². The molecule has 8 heteroatoms. The number of carbonyl (C=O) groups is 1. The maximum absolute atomic E-state index is 12.0. The number of nitrogen functional groups attached to an aromatic ring is 1. The number of anilines is 2. The van der Waals surface area contributed by atoms with E-state index in [-0.39, 0.29) is 6.10 Å². The van der Waals surface area contributed by atoms with Crippen molar-refractivity contribution < 1.29 is 14.3 Å². The number of nitrogens with one attached hydrogen (secondary N) is 3. The zero-order chi connectivity index (χ0) is 25.7. The molecule has 1 heterocycles. The van der Waals surface area contributed by atoms with Crippen LogP contribution >= 0.6 is 0 Å². The first kappa shape index (κ1) is 25.3. The van der Waals surface area contributed by atoms with Crippen molar-refractivity contribution in [2.75, 3.05) is 31.8 Å². The lowest BCUT2D eigenvalue weighted by Gasteiger charge is -2.30. The van der Waals surface area contributed by atoms with Gasteiger partial charge in [0.25, 0.3) is 0 Å². The van der Waals surface area contributed by atoms with E-state index in [0.29, 0.717) is 18.3 Å². The van der Waals surface area contributed by atoms with Crippen LogP contribution in [0.3, 0.4) is 0 Å². The standard InChI is InChI=1S/C28H37N5O3/c1-18(2)36-28(34)32-20-10-8-19(9-11-20)27-26(29)24-13-12-23(35-15-14-21(31-4)17-30-3)16-25(24)33(27)22-6-5-7-22/h8-13,16-18,22,30-31H,5-7,14-15,29H2,1-4H3,(H,32,34)/b21-17-. The Balaban J connectivity index is 1.62. The van der Waals surface area contributed by atoms with Crippen LogP contribution in [-0.2, 0) is 4.74 Å². The van der Waals surface area contributed by atoms with Gasteiger partial charge in [-0.2, -0.15) is 0 Å². The van der Waals surface area contributed by atoms with E-state index in [1.807, 2.05) is 64.5 Å². The number of aromatic nitrogens is 1. The van der Waals surface area contributed by atoms with Gasteiger partial charge in [-0.25, -0.2) is 4.79 Å². The molecule has 192 valence electrons. The summed E-state index contributed by atoms with van der Waals surface area (Å²) in [4.78, 5) is 12.0. The van der Waals surface area contributed by atoms with Crippen molar-refractivity contribution in [3.63, 3.8) is 0 Å². The SMILES string of the molecule is CN/C=C(/CCOc1ccc2c(N)c(-c3ccc(NC(=O)OC(C)C)cc3)n(C3CCC3)c2c1)NC. The van der Waals surface area contributed by atoms with E-state index in [4.69, 9.17) is 15.2 Å². The molecule has 0 aliphatic heterocycles. The molecule has 0 unspecified atom stereocenters. The Bertz CT molecular complexity index is 1230. The van der Waals surface area contributed by atoms with E-state index in [9.17, 15) is 4.79 Å². The second-order valence-electron chi connectivity index (χ2n) is 9.36. The highest BCUT2D eigenvalue weighted by Gasteiger charge is 2.27. The van der Waals surface area contributed by atoms with Gasteiger partial charge in [0.15, 0.2) is 0 Å². The van der Waals surface area contributed by atoms with Gasteiger partial charge in [-0.05, 0) is 57.4 Å². The van der Waals surface area contributed by atoms with Gasteiger partial charge in [0, 0.05) is 61.2 Å². The van der Waals surface area contributed by atoms with Crippen molar-refractivity contribution in [2.24, 2.45) is 0 Å². The molecule has 2 aromatic carbocycles. The van der Waals surface area contributed by atoms with Crippen LogP contribution in [0.4, 0.5) is 16.2 Å². The molecule has 8 nitrogen and oxygen atoms in total. The lowest BCUT2D eigenvalue weighted by Crippen LogP contribution is -2.18. The molecular weight excluding hydrogens is 454 g/mol. The molecular formula is C28H37N5O3. The highest BCUT2D eigenvalue weighted by Crippen LogP contribution is 2.44. The fraction of sp³-hybridized carbons (Fsp3) is 0.393. The molecule has 1 saturated carbocycles. The quantitative estimate of drug-likeness (QED) is 0.293. The Morgan fingerprint density at radius 3 is 2.53 bits per heavy atom. The number of carbonyl (C=O) groups excluding carboxylic acids is 1. The fourth-order valence-corrected chi connectivity index (χ4v) is 4.52. The van der Waals surface area contributed by atoms with Gasteiger partial charge in [-0.1, -0.05) is 12.1 Å². The molecule has 1 fully saturated rings. The number of benzene rings is 2. The summed E-state index contributed by atoms with van der Waals surface area (Å²) in [5, 5.41) is 10.0. The van der Waals surface area contributed by atoms with Crippen LogP contribution in [0.2, 0.25) is 0 Å². The number of amides is 1. The van der Waals surface area contributed by atoms with Gasteiger partial charge in [-0.3, -0.25) is 5.32 Å². The third-order valence-corrected chi connectivity index (χ3v) is 6.48. The van der Waals surface area contributed by atoms with E-state index in [1.54, 1.807) is 0 Å². The van der Waals surface area contributed by atoms with Gasteiger partial charge in [0.1, 0.15) is 5.75 Å². The van der Waals surface area contributed by atoms with Crippen molar-refractivity contribution in [1.29, 1.82) is 0 Å². The molecule has 0 radical (unpaired) electrons. The third kappa shape index (κ3) is 5.53. The minimum absolute atomic E-state index is 0.175. The van der Waals surface area contributed by atoms with E-state index >= 15 is 0 Å². The van der Waals surface area contributed by atoms with Crippen LogP contribution in [0.5, 0.6) is 5.75 Å². The zero-order valence-corrected chi connectivity index (χ0v) is 21.6. The summed E-state index contributed by atoms with van der Waals surface area (Å²) in [6, 6.07) is 14.3. The number of ether oxygens (including phenoxy) is 2. The highest BCUT2D eigenvalue weighted by molar-refractivity contribution is 6.01. The van der Waals surface area contributed by atoms with Gasteiger partial charge >= 0.3 is 6.09 Å². The molecule has 36 heavy (non-hydrogen) atoms. The molecule has 4 rings (SSSR count). The zero-order valence-electron chi connectivity index (χ0n) is 21.6. The second kappa shape index (κ2) is 11.3. The molecule has 0 atom stereocenters. The normalized spacial score (nSPS) is 14.0. The van der Waals surface area contributed by atoms with Gasteiger partial charge in [0.05, 0.1) is 29.6 Å². The average molecular weight is 492 g/mol. The van der Waals surface area contributed by atoms with Crippen molar-refractivity contribution in [3.8, 4) is 17.0 Å². The third-order valence-electron chi connectivity index (χ3n) is 6.48. The van der Waals surface area contributed by atoms with Gasteiger partial charge in [-0.15, -0.1) is 0 Å². The topological polar surface area (TPSA) is 103 Å². The van der Waals surface area contributed by atoms with Crippen molar-refractivity contribution in [3.05, 3.63) is 54.4 Å². The second-order valence-corrected chi connectivity index (χ2v) is 9.36. The van der Waals surface area contributed by atoms with Crippen LogP contribution in [0.15, 0.2) is 54.4 Å². The number of fused-ring (bicyclic) bond motifs is 1. The summed E-state index contributed by atoms with van der Waals surface area (Å²) in [7, 11) is 3.79. The monoisotopic (exact) mass is 491 g/mol. The van der Waals surface area contributed by atoms with Crippen LogP contribution in [-0.4, -0.2) is 37.5 Å². The molecule has 5 N–H and O–H groups in total. The van der Waals surface area contributed by atoms with E-state index < -0.39 is 6.09 Å². The molecule has 1 amide bonds. The fourth-order valence-electron chi connectivity index (χ4n) is 4.52. The summed E-state index contributed by atoms with van der Waals surface area (Å²) in [6.07, 6.45) is 5.55. The summed E-state index contributed by atoms with van der Waals surface area (Å²) >= 11 is 0. The minimum Gasteiger partial charge on any atom is -0.493 e. The van der Waals surface area contributed by atoms with Crippen LogP contribution in [0.1, 0.15) is 45.6 Å². The van der Waals surface area contributed by atoms with Gasteiger partial charge in [0.2, 0.25) is 0 Å². The summed E-state index contributed by atoms with van der Waals surface area (Å²) < 4.78 is 13.6. The predicted molar refractivity (Wildman–Crippen MR) is 146 cm³/mol. The number of hydrogen-bond acceptors (Lipinski definition) is 6. The van der Waals surface area contributed by atoms with Crippen molar-refractivity contribution in [1.82, 2.24) is 15.2 Å². The molecule has 0 spiro atoms. The maximum atomic E-state index is 12.0. The first-order chi connectivity index (χ1) is 17.4. The molecule has 3 aromatic rings. The van der Waals surface area contributed by atoms with E-state index in [1.165, 1.54) is 6.42 Å². The predicted octanol–water partition coefficient (Wildman–Crippen LogP) is 5.62. The maximum Gasteiger partial charge on any atom is 0.411 e. The van der Waals surface area contributed by atoms with Crippen molar-refractivity contribution >= 4 is 28.4 Å².